The molecule has 0 aliphatic rings. The third-order valence-electron chi connectivity index (χ3n) is 2.38. The highest BCUT2D eigenvalue weighted by Gasteiger charge is 2.15. The lowest BCUT2D eigenvalue weighted by atomic mass is 10.0. The van der Waals surface area contributed by atoms with Crippen molar-refractivity contribution in [1.29, 1.82) is 0 Å². The fraction of sp³-hybridized carbons (Fsp3) is 0.182. The van der Waals surface area contributed by atoms with E-state index in [-0.39, 0.29) is 0 Å². The Morgan fingerprint density at radius 1 is 1.50 bits per heavy atom. The molecule has 0 fully saturated rings. The minimum absolute atomic E-state index is 0.569. The van der Waals surface area contributed by atoms with Crippen molar-refractivity contribution in [2.75, 3.05) is 5.73 Å². The van der Waals surface area contributed by atoms with Crippen LogP contribution in [0.5, 0.6) is 0 Å². The maximum absolute atomic E-state index is 10.2. The first-order valence-electron chi connectivity index (χ1n) is 4.79. The number of aliphatic hydroxyl groups is 1. The second-order valence-electron chi connectivity index (χ2n) is 3.62. The second kappa shape index (κ2) is 4.27. The topological polar surface area (TPSA) is 64.1 Å². The van der Waals surface area contributed by atoms with E-state index < -0.39 is 6.10 Å². The van der Waals surface area contributed by atoms with Gasteiger partial charge in [0.2, 0.25) is 0 Å². The first-order chi connectivity index (χ1) is 7.58. The Kier molecular flexibility index (Phi) is 2.98. The number of rotatable bonds is 2. The second-order valence-corrected chi connectivity index (χ2v) is 4.54. The van der Waals surface area contributed by atoms with E-state index in [0.29, 0.717) is 11.3 Å². The van der Waals surface area contributed by atoms with Crippen LogP contribution in [-0.4, -0.2) is 14.9 Å². The van der Waals surface area contributed by atoms with Crippen molar-refractivity contribution in [1.82, 2.24) is 9.78 Å². The van der Waals surface area contributed by atoms with Crippen LogP contribution in [0.3, 0.4) is 0 Å². The van der Waals surface area contributed by atoms with Gasteiger partial charge < -0.3 is 10.8 Å². The molecule has 0 aliphatic heterocycles. The van der Waals surface area contributed by atoms with Gasteiger partial charge in [-0.15, -0.1) is 0 Å². The van der Waals surface area contributed by atoms with Gasteiger partial charge in [0.1, 0.15) is 6.10 Å². The SMILES string of the molecule is Cn1cc(C(O)c2cc(Br)ccc2N)cn1. The summed E-state index contributed by atoms with van der Waals surface area (Å²) in [4.78, 5) is 0. The number of aromatic nitrogens is 2. The molecule has 0 aliphatic carbocycles. The number of hydrogen-bond acceptors (Lipinski definition) is 3. The molecule has 1 aromatic carbocycles. The first kappa shape index (κ1) is 11.2. The predicted octanol–water partition coefficient (Wildman–Crippen LogP) is 1.85. The van der Waals surface area contributed by atoms with E-state index in [1.165, 1.54) is 0 Å². The van der Waals surface area contributed by atoms with Crippen LogP contribution in [0.4, 0.5) is 5.69 Å². The number of nitrogens with two attached hydrogens (primary N) is 1. The molecule has 4 nitrogen and oxygen atoms in total. The third-order valence-corrected chi connectivity index (χ3v) is 2.88. The van der Waals surface area contributed by atoms with Crippen LogP contribution in [0, 0.1) is 0 Å². The molecule has 1 heterocycles. The number of anilines is 1. The number of benzene rings is 1. The molecule has 0 radical (unpaired) electrons. The summed E-state index contributed by atoms with van der Waals surface area (Å²) >= 11 is 3.35. The zero-order valence-corrected chi connectivity index (χ0v) is 10.3. The molecule has 1 unspecified atom stereocenters. The van der Waals surface area contributed by atoms with Crippen molar-refractivity contribution >= 4 is 21.6 Å². The minimum Gasteiger partial charge on any atom is -0.398 e. The Morgan fingerprint density at radius 2 is 2.25 bits per heavy atom. The van der Waals surface area contributed by atoms with E-state index in [9.17, 15) is 5.11 Å². The third kappa shape index (κ3) is 2.10. The summed E-state index contributed by atoms with van der Waals surface area (Å²) in [5, 5.41) is 14.2. The van der Waals surface area contributed by atoms with E-state index in [0.717, 1.165) is 10.0 Å². The minimum atomic E-state index is -0.744. The van der Waals surface area contributed by atoms with Crippen molar-refractivity contribution in [3.8, 4) is 0 Å². The number of aryl methyl sites for hydroxylation is 1. The van der Waals surface area contributed by atoms with E-state index in [2.05, 4.69) is 21.0 Å². The molecule has 5 heteroatoms. The van der Waals surface area contributed by atoms with Crippen molar-refractivity contribution < 1.29 is 5.11 Å². The van der Waals surface area contributed by atoms with Crippen LogP contribution >= 0.6 is 15.9 Å². The number of nitrogens with zero attached hydrogens (tertiary/aromatic N) is 2. The van der Waals surface area contributed by atoms with E-state index >= 15 is 0 Å². The van der Waals surface area contributed by atoms with Gasteiger partial charge in [0.05, 0.1) is 6.20 Å². The van der Waals surface area contributed by atoms with Crippen LogP contribution in [0.2, 0.25) is 0 Å². The van der Waals surface area contributed by atoms with Gasteiger partial charge in [-0.1, -0.05) is 15.9 Å². The average molecular weight is 282 g/mol. The number of hydrogen-bond donors (Lipinski definition) is 2. The lowest BCUT2D eigenvalue weighted by molar-refractivity contribution is 0.221. The van der Waals surface area contributed by atoms with Gasteiger partial charge in [0, 0.05) is 34.5 Å². The zero-order chi connectivity index (χ0) is 11.7. The summed E-state index contributed by atoms with van der Waals surface area (Å²) < 4.78 is 2.53. The fourth-order valence-electron chi connectivity index (χ4n) is 1.54. The summed E-state index contributed by atoms with van der Waals surface area (Å²) in [7, 11) is 1.81. The number of halogens is 1. The lowest BCUT2D eigenvalue weighted by Gasteiger charge is -2.12. The van der Waals surface area contributed by atoms with Gasteiger partial charge in [-0.2, -0.15) is 5.10 Å². The Morgan fingerprint density at radius 3 is 2.88 bits per heavy atom. The van der Waals surface area contributed by atoms with Crippen LogP contribution < -0.4 is 5.73 Å². The molecule has 1 aromatic heterocycles. The molecule has 3 N–H and O–H groups in total. The largest absolute Gasteiger partial charge is 0.398 e. The Balaban J connectivity index is 2.40. The average Bonchev–Trinajstić information content (AvgIpc) is 2.67. The van der Waals surface area contributed by atoms with Gasteiger partial charge in [-0.05, 0) is 18.2 Å². The molecule has 84 valence electrons. The summed E-state index contributed by atoms with van der Waals surface area (Å²) in [6.07, 6.45) is 2.65. The van der Waals surface area contributed by atoms with E-state index in [4.69, 9.17) is 5.73 Å². The van der Waals surface area contributed by atoms with Crippen molar-refractivity contribution in [3.63, 3.8) is 0 Å². The normalized spacial score (nSPS) is 12.7. The molecule has 0 spiro atoms. The van der Waals surface area contributed by atoms with Crippen molar-refractivity contribution in [3.05, 3.63) is 46.2 Å². The molecule has 0 saturated carbocycles. The van der Waals surface area contributed by atoms with Gasteiger partial charge in [0.15, 0.2) is 0 Å². The molecule has 16 heavy (non-hydrogen) atoms. The van der Waals surface area contributed by atoms with Gasteiger partial charge in [-0.3, -0.25) is 4.68 Å². The number of aliphatic hydroxyl groups excluding tert-OH is 1. The smallest absolute Gasteiger partial charge is 0.109 e. The summed E-state index contributed by atoms with van der Waals surface area (Å²) in [6.45, 7) is 0. The molecular weight excluding hydrogens is 270 g/mol. The summed E-state index contributed by atoms with van der Waals surface area (Å²) in [5.41, 5.74) is 7.81. The van der Waals surface area contributed by atoms with Crippen LogP contribution in [0.1, 0.15) is 17.2 Å². The highest BCUT2D eigenvalue weighted by molar-refractivity contribution is 9.10. The summed E-state index contributed by atoms with van der Waals surface area (Å²) in [6, 6.07) is 5.42. The zero-order valence-electron chi connectivity index (χ0n) is 8.76. The molecule has 0 bridgehead atoms. The highest BCUT2D eigenvalue weighted by atomic mass is 79.9. The Hall–Kier alpha value is -1.33. The Bertz CT molecular complexity index is 510. The molecule has 2 rings (SSSR count). The summed E-state index contributed by atoms with van der Waals surface area (Å²) in [5.74, 6) is 0. The van der Waals surface area contributed by atoms with Gasteiger partial charge >= 0.3 is 0 Å². The van der Waals surface area contributed by atoms with E-state index in [1.807, 2.05) is 12.1 Å². The first-order valence-corrected chi connectivity index (χ1v) is 5.59. The van der Waals surface area contributed by atoms with Gasteiger partial charge in [-0.25, -0.2) is 0 Å². The Labute approximate surface area is 102 Å². The quantitative estimate of drug-likeness (QED) is 0.826. The molecule has 0 amide bonds. The lowest BCUT2D eigenvalue weighted by Crippen LogP contribution is -2.03. The maximum Gasteiger partial charge on any atom is 0.109 e. The molecule has 0 saturated heterocycles. The van der Waals surface area contributed by atoms with Crippen molar-refractivity contribution in [2.45, 2.75) is 6.10 Å². The highest BCUT2D eigenvalue weighted by Crippen LogP contribution is 2.28. The standard InChI is InChI=1S/C11H12BrN3O/c1-15-6-7(5-14-15)11(16)9-4-8(12)2-3-10(9)13/h2-6,11,16H,13H2,1H3. The van der Waals surface area contributed by atoms with Crippen LogP contribution in [-0.2, 0) is 7.05 Å². The maximum atomic E-state index is 10.2. The monoisotopic (exact) mass is 281 g/mol. The molecule has 2 aromatic rings. The van der Waals surface area contributed by atoms with Gasteiger partial charge in [0.25, 0.3) is 0 Å². The number of nitrogen functional groups attached to an aromatic ring is 1. The van der Waals surface area contributed by atoms with E-state index in [1.54, 1.807) is 30.2 Å². The van der Waals surface area contributed by atoms with Crippen LogP contribution in [0.25, 0.3) is 0 Å². The van der Waals surface area contributed by atoms with Crippen LogP contribution in [0.15, 0.2) is 35.1 Å². The molecule has 1 atom stereocenters. The fourth-order valence-corrected chi connectivity index (χ4v) is 1.92. The predicted molar refractivity (Wildman–Crippen MR) is 65.8 cm³/mol. The van der Waals surface area contributed by atoms with Crippen molar-refractivity contribution in [2.24, 2.45) is 7.05 Å². The molecular formula is C11H12BrN3O.